The summed E-state index contributed by atoms with van der Waals surface area (Å²) in [6.45, 7) is 5.12. The van der Waals surface area contributed by atoms with Crippen LogP contribution in [0.2, 0.25) is 0 Å². The van der Waals surface area contributed by atoms with E-state index in [-0.39, 0.29) is 0 Å². The maximum Gasteiger partial charge on any atom is 0.242 e. The first-order chi connectivity index (χ1) is 10.0. The van der Waals surface area contributed by atoms with E-state index in [1.165, 1.54) is 4.31 Å². The third kappa shape index (κ3) is 4.16. The Morgan fingerprint density at radius 1 is 1.24 bits per heavy atom. The van der Waals surface area contributed by atoms with Gasteiger partial charge in [0.1, 0.15) is 5.75 Å². The van der Waals surface area contributed by atoms with E-state index in [1.54, 1.807) is 38.4 Å². The quantitative estimate of drug-likeness (QED) is 0.814. The van der Waals surface area contributed by atoms with Gasteiger partial charge in [-0.2, -0.15) is 4.31 Å². The Morgan fingerprint density at radius 2 is 1.86 bits per heavy atom. The Balaban J connectivity index is 1.96. The number of rotatable bonds is 6. The molecule has 1 aliphatic rings. The molecule has 1 aliphatic heterocycles. The number of nitrogens with one attached hydrogen (secondary N) is 1. The SMILES string of the molecule is COc1ccc(S(=O)(=O)N(C)CCN2CCNCC2)cc1. The smallest absolute Gasteiger partial charge is 0.242 e. The van der Waals surface area contributed by atoms with Crippen molar-refractivity contribution < 1.29 is 13.2 Å². The van der Waals surface area contributed by atoms with Gasteiger partial charge in [-0.25, -0.2) is 8.42 Å². The topological polar surface area (TPSA) is 61.9 Å². The maximum atomic E-state index is 12.5. The molecule has 0 radical (unpaired) electrons. The fraction of sp³-hybridized carbons (Fsp3) is 0.571. The molecule has 1 aromatic rings. The second-order valence-corrected chi connectivity index (χ2v) is 7.14. The third-order valence-electron chi connectivity index (χ3n) is 3.71. The third-order valence-corrected chi connectivity index (χ3v) is 5.58. The summed E-state index contributed by atoms with van der Waals surface area (Å²) in [5.41, 5.74) is 0. The first-order valence-electron chi connectivity index (χ1n) is 7.07. The Labute approximate surface area is 126 Å². The Hall–Kier alpha value is -1.15. The molecular weight excluding hydrogens is 290 g/mol. The van der Waals surface area contributed by atoms with Crippen molar-refractivity contribution >= 4 is 10.0 Å². The van der Waals surface area contributed by atoms with Gasteiger partial charge in [0, 0.05) is 46.3 Å². The number of likely N-dealkylation sites (N-methyl/N-ethyl adjacent to an activating group) is 1. The molecule has 1 heterocycles. The zero-order valence-electron chi connectivity index (χ0n) is 12.6. The standard InChI is InChI=1S/C14H23N3O3S/c1-16(11-12-17-9-7-15-8-10-17)21(18,19)14-5-3-13(20-2)4-6-14/h3-6,15H,7-12H2,1-2H3. The average Bonchev–Trinajstić information content (AvgIpc) is 2.53. The number of methoxy groups -OCH3 is 1. The van der Waals surface area contributed by atoms with Crippen LogP contribution in [0.1, 0.15) is 0 Å². The van der Waals surface area contributed by atoms with E-state index in [0.717, 1.165) is 32.7 Å². The van der Waals surface area contributed by atoms with Gasteiger partial charge in [-0.15, -0.1) is 0 Å². The van der Waals surface area contributed by atoms with Crippen molar-refractivity contribution in [1.82, 2.24) is 14.5 Å². The van der Waals surface area contributed by atoms with Crippen LogP contribution in [-0.2, 0) is 10.0 Å². The van der Waals surface area contributed by atoms with Gasteiger partial charge in [0.25, 0.3) is 0 Å². The lowest BCUT2D eigenvalue weighted by molar-refractivity contribution is 0.229. The van der Waals surface area contributed by atoms with Gasteiger partial charge >= 0.3 is 0 Å². The van der Waals surface area contributed by atoms with E-state index in [1.807, 2.05) is 0 Å². The predicted molar refractivity (Wildman–Crippen MR) is 82.1 cm³/mol. The maximum absolute atomic E-state index is 12.5. The van der Waals surface area contributed by atoms with E-state index in [2.05, 4.69) is 10.2 Å². The molecule has 0 aromatic heterocycles. The van der Waals surface area contributed by atoms with E-state index in [4.69, 9.17) is 4.74 Å². The average molecular weight is 313 g/mol. The van der Waals surface area contributed by atoms with Gasteiger partial charge in [0.05, 0.1) is 12.0 Å². The molecule has 118 valence electrons. The van der Waals surface area contributed by atoms with E-state index in [9.17, 15) is 8.42 Å². The summed E-state index contributed by atoms with van der Waals surface area (Å²) < 4.78 is 31.4. The summed E-state index contributed by atoms with van der Waals surface area (Å²) in [6, 6.07) is 6.49. The van der Waals surface area contributed by atoms with Crippen LogP contribution in [-0.4, -0.2) is 71.0 Å². The summed E-state index contributed by atoms with van der Waals surface area (Å²) in [6.07, 6.45) is 0. The van der Waals surface area contributed by atoms with Crippen molar-refractivity contribution in [2.24, 2.45) is 0 Å². The van der Waals surface area contributed by atoms with Crippen LogP contribution >= 0.6 is 0 Å². The van der Waals surface area contributed by atoms with Crippen molar-refractivity contribution in [1.29, 1.82) is 0 Å². The summed E-state index contributed by atoms with van der Waals surface area (Å²) in [7, 11) is -0.244. The fourth-order valence-corrected chi connectivity index (χ4v) is 3.43. The highest BCUT2D eigenvalue weighted by atomic mass is 32.2. The van der Waals surface area contributed by atoms with Gasteiger partial charge in [-0.1, -0.05) is 0 Å². The predicted octanol–water partition coefficient (Wildman–Crippen LogP) is 0.221. The van der Waals surface area contributed by atoms with Crippen LogP contribution in [0.5, 0.6) is 5.75 Å². The van der Waals surface area contributed by atoms with Crippen molar-refractivity contribution in [2.45, 2.75) is 4.90 Å². The van der Waals surface area contributed by atoms with Gasteiger partial charge in [0.15, 0.2) is 0 Å². The molecule has 0 spiro atoms. The van der Waals surface area contributed by atoms with E-state index >= 15 is 0 Å². The van der Waals surface area contributed by atoms with Crippen LogP contribution in [0.15, 0.2) is 29.2 Å². The molecule has 21 heavy (non-hydrogen) atoms. The zero-order chi connectivity index (χ0) is 15.3. The largest absolute Gasteiger partial charge is 0.497 e. The first-order valence-corrected chi connectivity index (χ1v) is 8.51. The summed E-state index contributed by atoms with van der Waals surface area (Å²) in [5.74, 6) is 0.650. The highest BCUT2D eigenvalue weighted by molar-refractivity contribution is 7.89. The molecule has 6 nitrogen and oxygen atoms in total. The Morgan fingerprint density at radius 3 is 2.43 bits per heavy atom. The van der Waals surface area contributed by atoms with Crippen LogP contribution in [0.3, 0.4) is 0 Å². The highest BCUT2D eigenvalue weighted by Gasteiger charge is 2.21. The number of hydrogen-bond acceptors (Lipinski definition) is 5. The molecule has 0 atom stereocenters. The van der Waals surface area contributed by atoms with Gasteiger partial charge in [-0.05, 0) is 24.3 Å². The lowest BCUT2D eigenvalue weighted by atomic mass is 10.3. The zero-order valence-corrected chi connectivity index (χ0v) is 13.4. The molecule has 0 aliphatic carbocycles. The molecule has 1 N–H and O–H groups in total. The van der Waals surface area contributed by atoms with Gasteiger partial charge in [0.2, 0.25) is 10.0 Å². The minimum absolute atomic E-state index is 0.297. The lowest BCUT2D eigenvalue weighted by Crippen LogP contribution is -2.46. The molecule has 2 rings (SSSR count). The number of ether oxygens (including phenoxy) is 1. The summed E-state index contributed by atoms with van der Waals surface area (Å²) in [5, 5.41) is 3.28. The normalized spacial score (nSPS) is 17.1. The van der Waals surface area contributed by atoms with Crippen molar-refractivity contribution in [3.8, 4) is 5.75 Å². The van der Waals surface area contributed by atoms with Crippen molar-refractivity contribution in [2.75, 3.05) is 53.4 Å². The lowest BCUT2D eigenvalue weighted by Gasteiger charge is -2.28. The minimum atomic E-state index is -3.43. The van der Waals surface area contributed by atoms with Crippen LogP contribution in [0.25, 0.3) is 0 Å². The van der Waals surface area contributed by atoms with E-state index < -0.39 is 10.0 Å². The molecule has 0 unspecified atom stereocenters. The van der Waals surface area contributed by atoms with Crippen molar-refractivity contribution in [3.63, 3.8) is 0 Å². The molecule has 0 saturated carbocycles. The van der Waals surface area contributed by atoms with E-state index in [0.29, 0.717) is 17.2 Å². The van der Waals surface area contributed by atoms with Crippen LogP contribution < -0.4 is 10.1 Å². The minimum Gasteiger partial charge on any atom is -0.497 e. The molecule has 0 bridgehead atoms. The molecule has 7 heteroatoms. The summed E-state index contributed by atoms with van der Waals surface area (Å²) in [4.78, 5) is 2.57. The number of benzene rings is 1. The van der Waals surface area contributed by atoms with Crippen LogP contribution in [0.4, 0.5) is 0 Å². The Kier molecular flexibility index (Phi) is 5.58. The number of sulfonamides is 1. The van der Waals surface area contributed by atoms with Crippen molar-refractivity contribution in [3.05, 3.63) is 24.3 Å². The second-order valence-electron chi connectivity index (χ2n) is 5.09. The molecule has 1 aromatic carbocycles. The summed E-state index contributed by atoms with van der Waals surface area (Å²) >= 11 is 0. The Bertz CT molecular complexity index is 539. The number of nitrogens with zero attached hydrogens (tertiary/aromatic N) is 2. The monoisotopic (exact) mass is 313 g/mol. The molecule has 1 fully saturated rings. The second kappa shape index (κ2) is 7.22. The first kappa shape index (κ1) is 16.2. The van der Waals surface area contributed by atoms with Crippen LogP contribution in [0, 0.1) is 0 Å². The van der Waals surface area contributed by atoms with Gasteiger partial charge in [-0.3, -0.25) is 4.90 Å². The number of hydrogen-bond donors (Lipinski definition) is 1. The highest BCUT2D eigenvalue weighted by Crippen LogP contribution is 2.18. The molecular formula is C14H23N3O3S. The number of piperazine rings is 1. The van der Waals surface area contributed by atoms with Gasteiger partial charge < -0.3 is 10.1 Å². The fourth-order valence-electron chi connectivity index (χ4n) is 2.26. The molecule has 0 amide bonds. The molecule has 1 saturated heterocycles.